The first kappa shape index (κ1) is 20.2. The molecule has 1 unspecified atom stereocenters. The number of hydrogen-bond donors (Lipinski definition) is 3. The molecule has 1 aromatic carbocycles. The number of aliphatic hydroxyl groups is 1. The summed E-state index contributed by atoms with van der Waals surface area (Å²) in [6.07, 6.45) is 7.74. The molecule has 0 aliphatic carbocycles. The third-order valence-corrected chi connectivity index (χ3v) is 4.39. The van der Waals surface area contributed by atoms with Crippen LogP contribution in [-0.2, 0) is 11.2 Å². The smallest absolute Gasteiger partial charge is 0.269 e. The molecule has 3 aromatic rings. The van der Waals surface area contributed by atoms with E-state index in [9.17, 15) is 14.7 Å². The molecule has 8 heteroatoms. The van der Waals surface area contributed by atoms with Gasteiger partial charge in [0.2, 0.25) is 5.91 Å². The number of benzene rings is 1. The molecule has 0 radical (unpaired) electrons. The van der Waals surface area contributed by atoms with Crippen LogP contribution in [0.5, 0.6) is 0 Å². The van der Waals surface area contributed by atoms with Gasteiger partial charge in [-0.1, -0.05) is 30.3 Å². The Morgan fingerprint density at radius 3 is 2.62 bits per heavy atom. The Morgan fingerprint density at radius 1 is 1.14 bits per heavy atom. The van der Waals surface area contributed by atoms with E-state index in [0.717, 1.165) is 12.8 Å². The van der Waals surface area contributed by atoms with Crippen LogP contribution in [0.1, 0.15) is 28.5 Å². The summed E-state index contributed by atoms with van der Waals surface area (Å²) in [7, 11) is 0. The topological polar surface area (TPSA) is 109 Å². The van der Waals surface area contributed by atoms with E-state index in [4.69, 9.17) is 0 Å². The number of anilines is 1. The molecule has 0 bridgehead atoms. The maximum Gasteiger partial charge on any atom is 0.269 e. The van der Waals surface area contributed by atoms with Gasteiger partial charge in [0, 0.05) is 18.9 Å². The highest BCUT2D eigenvalue weighted by molar-refractivity contribution is 5.95. The highest BCUT2D eigenvalue weighted by Crippen LogP contribution is 2.12. The highest BCUT2D eigenvalue weighted by atomic mass is 16.3. The summed E-state index contributed by atoms with van der Waals surface area (Å²) in [5.41, 5.74) is 1.95. The molecule has 0 aliphatic rings. The third kappa shape index (κ3) is 5.73. The van der Waals surface area contributed by atoms with Gasteiger partial charge in [-0.05, 0) is 30.5 Å². The fraction of sp³-hybridized carbons (Fsp3) is 0.238. The first-order valence-corrected chi connectivity index (χ1v) is 9.34. The van der Waals surface area contributed by atoms with Crippen LogP contribution in [0, 0.1) is 0 Å². The largest absolute Gasteiger partial charge is 0.394 e. The van der Waals surface area contributed by atoms with Gasteiger partial charge >= 0.3 is 0 Å². The van der Waals surface area contributed by atoms with Gasteiger partial charge in [-0.15, -0.1) is 0 Å². The standard InChI is InChI=1S/C21H23N5O3/c27-14-19(26-12-11-22-15-26)21(29)25-17-8-9-18(24-13-17)20(28)23-10-4-7-16-5-2-1-3-6-16/h1-3,5-6,8-9,11-13,15,19,27H,4,7,10,14H2,(H,23,28)(H,25,29). The van der Waals surface area contributed by atoms with Gasteiger partial charge < -0.3 is 20.3 Å². The summed E-state index contributed by atoms with van der Waals surface area (Å²) >= 11 is 0. The Hall–Kier alpha value is -3.52. The lowest BCUT2D eigenvalue weighted by atomic mass is 10.1. The predicted octanol–water partition coefficient (Wildman–Crippen LogP) is 1.81. The van der Waals surface area contributed by atoms with E-state index in [2.05, 4.69) is 32.7 Å². The predicted molar refractivity (Wildman–Crippen MR) is 108 cm³/mol. The molecular formula is C21H23N5O3. The molecular weight excluding hydrogens is 370 g/mol. The Labute approximate surface area is 168 Å². The molecule has 3 rings (SSSR count). The van der Waals surface area contributed by atoms with Crippen LogP contribution in [-0.4, -0.2) is 44.6 Å². The van der Waals surface area contributed by atoms with Gasteiger partial charge in [-0.3, -0.25) is 9.59 Å². The Morgan fingerprint density at radius 2 is 1.97 bits per heavy atom. The summed E-state index contributed by atoms with van der Waals surface area (Å²) in [6.45, 7) is 0.191. The number of aliphatic hydroxyl groups excluding tert-OH is 1. The van der Waals surface area contributed by atoms with Gasteiger partial charge in [0.1, 0.15) is 11.7 Å². The number of pyridine rings is 1. The molecule has 0 saturated heterocycles. The first-order chi connectivity index (χ1) is 14.2. The minimum atomic E-state index is -0.787. The van der Waals surface area contributed by atoms with Crippen molar-refractivity contribution in [1.82, 2.24) is 19.9 Å². The van der Waals surface area contributed by atoms with Crippen LogP contribution in [0.4, 0.5) is 5.69 Å². The number of aryl methyl sites for hydroxylation is 1. The lowest BCUT2D eigenvalue weighted by Crippen LogP contribution is -2.28. The average Bonchev–Trinajstić information content (AvgIpc) is 3.27. The summed E-state index contributed by atoms with van der Waals surface area (Å²) in [5, 5.41) is 15.0. The van der Waals surface area contributed by atoms with Crippen LogP contribution >= 0.6 is 0 Å². The molecule has 0 saturated carbocycles. The number of hydrogen-bond acceptors (Lipinski definition) is 5. The fourth-order valence-electron chi connectivity index (χ4n) is 2.82. The number of imidazole rings is 1. The molecule has 29 heavy (non-hydrogen) atoms. The summed E-state index contributed by atoms with van der Waals surface area (Å²) in [6, 6.07) is 12.5. The number of aromatic nitrogens is 3. The summed E-state index contributed by atoms with van der Waals surface area (Å²) in [4.78, 5) is 32.5. The van der Waals surface area contributed by atoms with Crippen molar-refractivity contribution in [3.8, 4) is 0 Å². The number of amides is 2. The quantitative estimate of drug-likeness (QED) is 0.481. The maximum atomic E-state index is 12.3. The molecule has 3 N–H and O–H groups in total. The average molecular weight is 393 g/mol. The van der Waals surface area contributed by atoms with E-state index in [0.29, 0.717) is 12.2 Å². The maximum absolute atomic E-state index is 12.3. The monoisotopic (exact) mass is 393 g/mol. The molecule has 150 valence electrons. The van der Waals surface area contributed by atoms with Gasteiger partial charge in [0.05, 0.1) is 24.8 Å². The van der Waals surface area contributed by atoms with Crippen LogP contribution in [0.25, 0.3) is 0 Å². The van der Waals surface area contributed by atoms with Gasteiger partial charge in [-0.25, -0.2) is 9.97 Å². The normalized spacial score (nSPS) is 11.6. The SMILES string of the molecule is O=C(NCCCc1ccccc1)c1ccc(NC(=O)C(CO)n2ccnc2)cn1. The van der Waals surface area contributed by atoms with Crippen molar-refractivity contribution in [3.05, 3.63) is 78.6 Å². The Bertz CT molecular complexity index is 911. The zero-order chi connectivity index (χ0) is 20.5. The van der Waals surface area contributed by atoms with Crippen LogP contribution < -0.4 is 10.6 Å². The van der Waals surface area contributed by atoms with Crippen molar-refractivity contribution in [1.29, 1.82) is 0 Å². The van der Waals surface area contributed by atoms with Crippen molar-refractivity contribution < 1.29 is 14.7 Å². The summed E-state index contributed by atoms with van der Waals surface area (Å²) < 4.78 is 1.51. The third-order valence-electron chi connectivity index (χ3n) is 4.39. The Balaban J connectivity index is 1.47. The highest BCUT2D eigenvalue weighted by Gasteiger charge is 2.19. The van der Waals surface area contributed by atoms with Crippen LogP contribution in [0.3, 0.4) is 0 Å². The second-order valence-corrected chi connectivity index (χ2v) is 6.47. The lowest BCUT2D eigenvalue weighted by Gasteiger charge is -2.15. The van der Waals surface area contributed by atoms with E-state index in [1.165, 1.54) is 28.9 Å². The number of carbonyl (C=O) groups excluding carboxylic acids is 2. The van der Waals surface area contributed by atoms with Crippen molar-refractivity contribution >= 4 is 17.5 Å². The zero-order valence-electron chi connectivity index (χ0n) is 15.9. The van der Waals surface area contributed by atoms with E-state index in [-0.39, 0.29) is 18.2 Å². The number of carbonyl (C=O) groups is 2. The molecule has 2 aromatic heterocycles. The van der Waals surface area contributed by atoms with E-state index >= 15 is 0 Å². The van der Waals surface area contributed by atoms with Crippen LogP contribution in [0.2, 0.25) is 0 Å². The second kappa shape index (κ2) is 10.1. The minimum absolute atomic E-state index is 0.261. The second-order valence-electron chi connectivity index (χ2n) is 6.47. The molecule has 0 fully saturated rings. The number of nitrogens with zero attached hydrogens (tertiary/aromatic N) is 3. The molecule has 0 spiro atoms. The van der Waals surface area contributed by atoms with Gasteiger partial charge in [0.25, 0.3) is 5.91 Å². The van der Waals surface area contributed by atoms with Gasteiger partial charge in [-0.2, -0.15) is 0 Å². The molecule has 0 aliphatic heterocycles. The molecule has 2 amide bonds. The number of nitrogens with one attached hydrogen (secondary N) is 2. The molecule has 8 nitrogen and oxygen atoms in total. The lowest BCUT2D eigenvalue weighted by molar-refractivity contribution is -0.120. The van der Waals surface area contributed by atoms with E-state index < -0.39 is 11.9 Å². The van der Waals surface area contributed by atoms with Crippen molar-refractivity contribution in [2.45, 2.75) is 18.9 Å². The molecule has 1 atom stereocenters. The van der Waals surface area contributed by atoms with Crippen molar-refractivity contribution in [2.24, 2.45) is 0 Å². The fourth-order valence-corrected chi connectivity index (χ4v) is 2.82. The van der Waals surface area contributed by atoms with Crippen molar-refractivity contribution in [3.63, 3.8) is 0 Å². The first-order valence-electron chi connectivity index (χ1n) is 9.34. The van der Waals surface area contributed by atoms with Gasteiger partial charge in [0.15, 0.2) is 0 Å². The summed E-state index contributed by atoms with van der Waals surface area (Å²) in [5.74, 6) is -0.659. The van der Waals surface area contributed by atoms with Crippen LogP contribution in [0.15, 0.2) is 67.4 Å². The minimum Gasteiger partial charge on any atom is -0.394 e. The van der Waals surface area contributed by atoms with E-state index in [1.807, 2.05) is 18.2 Å². The van der Waals surface area contributed by atoms with E-state index in [1.54, 1.807) is 18.3 Å². The molecule has 2 heterocycles. The zero-order valence-corrected chi connectivity index (χ0v) is 15.9. The number of rotatable bonds is 9. The van der Waals surface area contributed by atoms with Crippen molar-refractivity contribution in [2.75, 3.05) is 18.5 Å². The Kier molecular flexibility index (Phi) is 7.07.